The molecule has 0 heterocycles. The number of carboxylic acids is 1. The molecule has 92 valence electrons. The number of aliphatic carboxylic acids is 1. The third-order valence-electron chi connectivity index (χ3n) is 1.36. The molecule has 0 spiro atoms. The van der Waals surface area contributed by atoms with Crippen LogP contribution in [0.15, 0.2) is 0 Å². The summed E-state index contributed by atoms with van der Waals surface area (Å²) in [6.07, 6.45) is -17.7. The molecule has 0 aromatic rings. The lowest BCUT2D eigenvalue weighted by molar-refractivity contribution is -0.148. The van der Waals surface area contributed by atoms with Crippen molar-refractivity contribution < 1.29 is 36.2 Å². The number of carboxylic acid groups (broad SMARTS) is 1. The highest BCUT2D eigenvalue weighted by molar-refractivity contribution is 5.73. The van der Waals surface area contributed by atoms with E-state index in [1.807, 2.05) is 0 Å². The molecule has 0 aromatic carbocycles. The zero-order valence-electron chi connectivity index (χ0n) is 7.22. The van der Waals surface area contributed by atoms with Gasteiger partial charge in [-0.3, -0.25) is 0 Å². The summed E-state index contributed by atoms with van der Waals surface area (Å²) in [5, 5.41) is 7.83. The highest BCUT2D eigenvalue weighted by Gasteiger charge is 2.43. The first-order chi connectivity index (χ1) is 6.29. The Morgan fingerprint density at radius 3 is 1.53 bits per heavy atom. The van der Waals surface area contributed by atoms with Crippen molar-refractivity contribution in [2.24, 2.45) is 0 Å². The van der Waals surface area contributed by atoms with Crippen LogP contribution in [-0.4, -0.2) is 42.2 Å². The predicted octanol–water partition coefficient (Wildman–Crippen LogP) is 1.85. The van der Waals surface area contributed by atoms with Crippen molar-refractivity contribution in [3.8, 4) is 0 Å². The lowest BCUT2D eigenvalue weighted by Crippen LogP contribution is -2.41. The van der Waals surface area contributed by atoms with Crippen molar-refractivity contribution in [1.82, 2.24) is 6.15 Å². The average molecular weight is 241 g/mol. The van der Waals surface area contributed by atoms with E-state index < -0.39 is 37.1 Å². The van der Waals surface area contributed by atoms with Crippen LogP contribution in [0.4, 0.5) is 26.3 Å². The van der Waals surface area contributed by atoms with Gasteiger partial charge in [-0.15, -0.1) is 0 Å². The molecule has 4 unspecified atom stereocenters. The van der Waals surface area contributed by atoms with Gasteiger partial charge in [0.25, 0.3) is 6.43 Å². The molecule has 4 N–H and O–H groups in total. The molecule has 0 aliphatic rings. The van der Waals surface area contributed by atoms with Crippen molar-refractivity contribution >= 4 is 5.97 Å². The van der Waals surface area contributed by atoms with E-state index >= 15 is 0 Å². The van der Waals surface area contributed by atoms with E-state index in [9.17, 15) is 31.1 Å². The molecule has 0 rings (SSSR count). The predicted molar refractivity (Wildman–Crippen MR) is 38.2 cm³/mol. The highest BCUT2D eigenvalue weighted by atomic mass is 19.3. The topological polar surface area (TPSA) is 72.3 Å². The molecular formula is C6H9F6NO2. The molecule has 0 aliphatic heterocycles. The van der Waals surface area contributed by atoms with Crippen LogP contribution in [0.25, 0.3) is 0 Å². The van der Waals surface area contributed by atoms with Crippen LogP contribution in [0, 0.1) is 0 Å². The Hall–Kier alpha value is -0.990. The van der Waals surface area contributed by atoms with Crippen LogP contribution in [0.1, 0.15) is 0 Å². The number of alkyl halides is 6. The van der Waals surface area contributed by atoms with Crippen LogP contribution < -0.4 is 6.15 Å². The zero-order chi connectivity index (χ0) is 11.5. The summed E-state index contributed by atoms with van der Waals surface area (Å²) in [5.74, 6) is -2.37. The van der Waals surface area contributed by atoms with E-state index in [-0.39, 0.29) is 6.15 Å². The maximum Gasteiger partial charge on any atom is 0.341 e. The van der Waals surface area contributed by atoms with Gasteiger partial charge in [0.05, 0.1) is 0 Å². The monoisotopic (exact) mass is 241 g/mol. The van der Waals surface area contributed by atoms with Gasteiger partial charge in [0.1, 0.15) is 0 Å². The average Bonchev–Trinajstić information content (AvgIpc) is 2.12. The summed E-state index contributed by atoms with van der Waals surface area (Å²) in [6, 6.07) is 0. The lowest BCUT2D eigenvalue weighted by Gasteiger charge is -2.17. The third kappa shape index (κ3) is 4.36. The normalized spacial score (nSPS) is 18.9. The number of hydrogen-bond donors (Lipinski definition) is 2. The Kier molecular flexibility index (Phi) is 7.11. The Bertz CT molecular complexity index is 204. The Morgan fingerprint density at radius 1 is 0.867 bits per heavy atom. The van der Waals surface area contributed by atoms with Gasteiger partial charge in [0.2, 0.25) is 6.17 Å². The van der Waals surface area contributed by atoms with Gasteiger partial charge in [-0.1, -0.05) is 0 Å². The second kappa shape index (κ2) is 6.49. The second-order valence-corrected chi connectivity index (χ2v) is 2.41. The largest absolute Gasteiger partial charge is 0.479 e. The van der Waals surface area contributed by atoms with E-state index in [1.165, 1.54) is 0 Å². The summed E-state index contributed by atoms with van der Waals surface area (Å²) >= 11 is 0. The van der Waals surface area contributed by atoms with E-state index in [4.69, 9.17) is 5.11 Å². The lowest BCUT2D eigenvalue weighted by atomic mass is 10.1. The third-order valence-corrected chi connectivity index (χ3v) is 1.36. The van der Waals surface area contributed by atoms with E-state index in [0.717, 1.165) is 0 Å². The smallest absolute Gasteiger partial charge is 0.341 e. The second-order valence-electron chi connectivity index (χ2n) is 2.41. The SMILES string of the molecule is N.O=C(O)C(F)C(F)C(F)C(F)C(F)F. The first kappa shape index (κ1) is 16.4. The van der Waals surface area contributed by atoms with Gasteiger partial charge in [-0.2, -0.15) is 0 Å². The highest BCUT2D eigenvalue weighted by Crippen LogP contribution is 2.21. The maximum absolute atomic E-state index is 12.3. The summed E-state index contributed by atoms with van der Waals surface area (Å²) in [7, 11) is 0. The minimum Gasteiger partial charge on any atom is -0.479 e. The zero-order valence-corrected chi connectivity index (χ0v) is 7.22. The fourth-order valence-corrected chi connectivity index (χ4v) is 0.612. The van der Waals surface area contributed by atoms with Gasteiger partial charge in [-0.05, 0) is 0 Å². The van der Waals surface area contributed by atoms with Crippen LogP contribution >= 0.6 is 0 Å². The van der Waals surface area contributed by atoms with E-state index in [1.54, 1.807) is 0 Å². The summed E-state index contributed by atoms with van der Waals surface area (Å²) in [5.41, 5.74) is 0. The Morgan fingerprint density at radius 2 is 1.27 bits per heavy atom. The van der Waals surface area contributed by atoms with Crippen LogP contribution in [0.3, 0.4) is 0 Å². The fraction of sp³-hybridized carbons (Fsp3) is 0.833. The molecule has 0 fully saturated rings. The van der Waals surface area contributed by atoms with Gasteiger partial charge >= 0.3 is 5.97 Å². The number of hydrogen-bond acceptors (Lipinski definition) is 2. The number of halogens is 6. The van der Waals surface area contributed by atoms with Crippen LogP contribution in [0.2, 0.25) is 0 Å². The molecule has 15 heavy (non-hydrogen) atoms. The molecule has 3 nitrogen and oxygen atoms in total. The van der Waals surface area contributed by atoms with Crippen molar-refractivity contribution in [1.29, 1.82) is 0 Å². The molecule has 0 saturated heterocycles. The van der Waals surface area contributed by atoms with E-state index in [2.05, 4.69) is 0 Å². The van der Waals surface area contributed by atoms with Gasteiger partial charge in [-0.25, -0.2) is 31.1 Å². The van der Waals surface area contributed by atoms with Crippen molar-refractivity contribution in [2.75, 3.05) is 0 Å². The summed E-state index contributed by atoms with van der Waals surface area (Å²) in [4.78, 5) is 9.75. The molecule has 0 radical (unpaired) electrons. The first-order valence-electron chi connectivity index (χ1n) is 3.36. The van der Waals surface area contributed by atoms with Gasteiger partial charge in [0.15, 0.2) is 18.5 Å². The molecule has 0 bridgehead atoms. The van der Waals surface area contributed by atoms with Crippen molar-refractivity contribution in [2.45, 2.75) is 31.1 Å². The molecule has 0 aliphatic carbocycles. The minimum absolute atomic E-state index is 0. The molecule has 0 aromatic heterocycles. The molecule has 4 atom stereocenters. The van der Waals surface area contributed by atoms with Crippen LogP contribution in [0.5, 0.6) is 0 Å². The Labute approximate surface area is 80.6 Å². The standard InChI is InChI=1S/C6H6F6O2.H3N/c7-1(3(9)5(11)12)2(8)4(10)6(13)14;/h1-5H,(H,13,14);1H3. The molecule has 9 heteroatoms. The van der Waals surface area contributed by atoms with Crippen molar-refractivity contribution in [3.63, 3.8) is 0 Å². The fourth-order valence-electron chi connectivity index (χ4n) is 0.612. The molecule has 0 amide bonds. The number of carbonyl (C=O) groups is 1. The maximum atomic E-state index is 12.3. The first-order valence-corrected chi connectivity index (χ1v) is 3.36. The quantitative estimate of drug-likeness (QED) is 0.721. The minimum atomic E-state index is -3.83. The Balaban J connectivity index is 0. The van der Waals surface area contributed by atoms with Gasteiger partial charge in [0, 0.05) is 0 Å². The van der Waals surface area contributed by atoms with E-state index in [0.29, 0.717) is 0 Å². The van der Waals surface area contributed by atoms with Crippen molar-refractivity contribution in [3.05, 3.63) is 0 Å². The van der Waals surface area contributed by atoms with Crippen LogP contribution in [-0.2, 0) is 4.79 Å². The summed E-state index contributed by atoms with van der Waals surface area (Å²) < 4.78 is 71.8. The molecular weight excluding hydrogens is 232 g/mol. The van der Waals surface area contributed by atoms with Gasteiger partial charge < -0.3 is 11.3 Å². The molecule has 0 saturated carbocycles. The number of rotatable bonds is 5. The summed E-state index contributed by atoms with van der Waals surface area (Å²) in [6.45, 7) is 0.